The zero-order chi connectivity index (χ0) is 19.7. The molecule has 1 atom stereocenters. The van der Waals surface area contributed by atoms with E-state index in [-0.39, 0.29) is 23.2 Å². The number of carbonyl (C=O) groups is 1. The maximum absolute atomic E-state index is 12.1. The number of likely N-dealkylation sites (N-methyl/N-ethyl adjacent to an activating group) is 1. The Hall–Kier alpha value is -1.59. The standard InChI is InChI=1S/C21H34N2O3/c1-14(2)26-17-10-8-15(9-11-17)18(19(24)25)23(7)16-12-20(3,4)22-21(5,6)13-16/h8-11,14,16,18,22H,12-13H2,1-7H3,(H,24,25)/t18-/m0/s1. The molecule has 5 nitrogen and oxygen atoms in total. The summed E-state index contributed by atoms with van der Waals surface area (Å²) >= 11 is 0. The maximum Gasteiger partial charge on any atom is 0.325 e. The lowest BCUT2D eigenvalue weighted by Gasteiger charge is -2.50. The number of ether oxygens (including phenoxy) is 1. The summed E-state index contributed by atoms with van der Waals surface area (Å²) in [7, 11) is 1.93. The van der Waals surface area contributed by atoms with E-state index < -0.39 is 12.0 Å². The van der Waals surface area contributed by atoms with E-state index in [1.807, 2.05) is 50.1 Å². The third-order valence-electron chi connectivity index (χ3n) is 4.95. The fourth-order valence-electron chi connectivity index (χ4n) is 4.32. The van der Waals surface area contributed by atoms with Gasteiger partial charge in [0.05, 0.1) is 6.10 Å². The highest BCUT2D eigenvalue weighted by molar-refractivity contribution is 5.75. The lowest BCUT2D eigenvalue weighted by atomic mass is 9.78. The number of hydrogen-bond donors (Lipinski definition) is 2. The van der Waals surface area contributed by atoms with Crippen molar-refractivity contribution >= 4 is 5.97 Å². The van der Waals surface area contributed by atoms with E-state index in [9.17, 15) is 9.90 Å². The molecule has 0 unspecified atom stereocenters. The molecule has 5 heteroatoms. The predicted octanol–water partition coefficient (Wildman–Crippen LogP) is 3.84. The van der Waals surface area contributed by atoms with Crippen LogP contribution in [0.5, 0.6) is 5.75 Å². The molecular formula is C21H34N2O3. The van der Waals surface area contributed by atoms with Gasteiger partial charge >= 0.3 is 5.97 Å². The van der Waals surface area contributed by atoms with Gasteiger partial charge in [-0.05, 0) is 79.1 Å². The van der Waals surface area contributed by atoms with Gasteiger partial charge in [-0.1, -0.05) is 12.1 Å². The normalized spacial score (nSPS) is 21.0. The number of rotatable bonds is 6. The first kappa shape index (κ1) is 20.7. The molecule has 0 aromatic heterocycles. The van der Waals surface area contributed by atoms with Crippen molar-refractivity contribution < 1.29 is 14.6 Å². The third kappa shape index (κ3) is 5.21. The molecule has 1 aliphatic heterocycles. The van der Waals surface area contributed by atoms with Crippen LogP contribution in [0.25, 0.3) is 0 Å². The zero-order valence-corrected chi connectivity index (χ0v) is 17.2. The Balaban J connectivity index is 2.24. The number of hydrogen-bond acceptors (Lipinski definition) is 4. The molecular weight excluding hydrogens is 328 g/mol. The Morgan fingerprint density at radius 1 is 1.15 bits per heavy atom. The number of carboxylic acids is 1. The third-order valence-corrected chi connectivity index (χ3v) is 4.95. The Morgan fingerprint density at radius 3 is 2.08 bits per heavy atom. The van der Waals surface area contributed by atoms with Crippen LogP contribution in [0.2, 0.25) is 0 Å². The summed E-state index contributed by atoms with van der Waals surface area (Å²) < 4.78 is 5.67. The molecule has 1 aliphatic rings. The van der Waals surface area contributed by atoms with Gasteiger partial charge in [0.15, 0.2) is 0 Å². The molecule has 2 rings (SSSR count). The fourth-order valence-corrected chi connectivity index (χ4v) is 4.32. The summed E-state index contributed by atoms with van der Waals surface area (Å²) in [4.78, 5) is 14.1. The van der Waals surface area contributed by atoms with Crippen LogP contribution >= 0.6 is 0 Å². The molecule has 0 spiro atoms. The minimum Gasteiger partial charge on any atom is -0.491 e. The Bertz CT molecular complexity index is 607. The quantitative estimate of drug-likeness (QED) is 0.805. The van der Waals surface area contributed by atoms with Crippen LogP contribution in [-0.2, 0) is 4.79 Å². The molecule has 0 bridgehead atoms. The van der Waals surface area contributed by atoms with Crippen LogP contribution < -0.4 is 10.1 Å². The van der Waals surface area contributed by atoms with Crippen molar-refractivity contribution in [3.63, 3.8) is 0 Å². The second-order valence-electron chi connectivity index (χ2n) is 9.10. The molecule has 1 fully saturated rings. The van der Waals surface area contributed by atoms with Gasteiger partial charge in [0.2, 0.25) is 0 Å². The number of benzene rings is 1. The van der Waals surface area contributed by atoms with Gasteiger partial charge in [-0.15, -0.1) is 0 Å². The predicted molar refractivity (Wildman–Crippen MR) is 105 cm³/mol. The average molecular weight is 363 g/mol. The number of nitrogens with zero attached hydrogens (tertiary/aromatic N) is 1. The van der Waals surface area contributed by atoms with Crippen LogP contribution in [-0.4, -0.2) is 46.2 Å². The number of piperidine rings is 1. The van der Waals surface area contributed by atoms with Crippen molar-refractivity contribution in [2.45, 2.75) is 83.6 Å². The highest BCUT2D eigenvalue weighted by atomic mass is 16.5. The molecule has 1 heterocycles. The molecule has 146 valence electrons. The minimum absolute atomic E-state index is 0.0291. The van der Waals surface area contributed by atoms with Crippen LogP contribution in [0.1, 0.15) is 66.0 Å². The van der Waals surface area contributed by atoms with Crippen molar-refractivity contribution in [1.82, 2.24) is 10.2 Å². The molecule has 0 aliphatic carbocycles. The summed E-state index contributed by atoms with van der Waals surface area (Å²) in [5, 5.41) is 13.6. The van der Waals surface area contributed by atoms with E-state index in [4.69, 9.17) is 4.74 Å². The highest BCUT2D eigenvalue weighted by Gasteiger charge is 2.41. The van der Waals surface area contributed by atoms with Crippen molar-refractivity contribution in [3.05, 3.63) is 29.8 Å². The van der Waals surface area contributed by atoms with E-state index in [1.165, 1.54) is 0 Å². The largest absolute Gasteiger partial charge is 0.491 e. The Kier molecular flexibility index (Phi) is 6.03. The Morgan fingerprint density at radius 2 is 1.65 bits per heavy atom. The number of carboxylic acid groups (broad SMARTS) is 1. The van der Waals surface area contributed by atoms with Crippen molar-refractivity contribution in [1.29, 1.82) is 0 Å². The van der Waals surface area contributed by atoms with E-state index in [0.717, 1.165) is 24.2 Å². The smallest absolute Gasteiger partial charge is 0.325 e. The van der Waals surface area contributed by atoms with E-state index in [2.05, 4.69) is 33.0 Å². The first-order chi connectivity index (χ1) is 11.9. The average Bonchev–Trinajstić information content (AvgIpc) is 2.45. The fraction of sp³-hybridized carbons (Fsp3) is 0.667. The van der Waals surface area contributed by atoms with Crippen LogP contribution in [0.3, 0.4) is 0 Å². The van der Waals surface area contributed by atoms with Crippen LogP contribution in [0.15, 0.2) is 24.3 Å². The summed E-state index contributed by atoms with van der Waals surface area (Å²) in [6.07, 6.45) is 1.91. The molecule has 26 heavy (non-hydrogen) atoms. The first-order valence-corrected chi connectivity index (χ1v) is 9.41. The Labute approximate surface area is 157 Å². The summed E-state index contributed by atoms with van der Waals surface area (Å²) in [6, 6.07) is 6.96. The van der Waals surface area contributed by atoms with E-state index in [1.54, 1.807) is 0 Å². The summed E-state index contributed by atoms with van der Waals surface area (Å²) in [6.45, 7) is 12.7. The van der Waals surface area contributed by atoms with Crippen LogP contribution in [0.4, 0.5) is 0 Å². The van der Waals surface area contributed by atoms with Crippen molar-refractivity contribution in [2.75, 3.05) is 7.05 Å². The lowest BCUT2D eigenvalue weighted by Crippen LogP contribution is -2.62. The second-order valence-corrected chi connectivity index (χ2v) is 9.10. The van der Waals surface area contributed by atoms with E-state index in [0.29, 0.717) is 0 Å². The maximum atomic E-state index is 12.1. The molecule has 0 amide bonds. The molecule has 1 aromatic carbocycles. The summed E-state index contributed by atoms with van der Waals surface area (Å²) in [5.74, 6) is -0.0566. The van der Waals surface area contributed by atoms with Gasteiger partial charge in [-0.2, -0.15) is 0 Å². The van der Waals surface area contributed by atoms with Gasteiger partial charge in [-0.3, -0.25) is 9.69 Å². The minimum atomic E-state index is -0.820. The molecule has 1 aromatic rings. The van der Waals surface area contributed by atoms with E-state index >= 15 is 0 Å². The van der Waals surface area contributed by atoms with Gasteiger partial charge < -0.3 is 15.2 Å². The van der Waals surface area contributed by atoms with Gasteiger partial charge in [0.25, 0.3) is 0 Å². The number of nitrogens with one attached hydrogen (secondary N) is 1. The highest BCUT2D eigenvalue weighted by Crippen LogP contribution is 2.35. The zero-order valence-electron chi connectivity index (χ0n) is 17.2. The topological polar surface area (TPSA) is 61.8 Å². The van der Waals surface area contributed by atoms with Crippen molar-refractivity contribution in [3.8, 4) is 5.75 Å². The van der Waals surface area contributed by atoms with Gasteiger partial charge in [-0.25, -0.2) is 0 Å². The monoisotopic (exact) mass is 362 g/mol. The van der Waals surface area contributed by atoms with Gasteiger partial charge in [0, 0.05) is 17.1 Å². The lowest BCUT2D eigenvalue weighted by molar-refractivity contribution is -0.144. The molecule has 0 saturated carbocycles. The molecule has 0 radical (unpaired) electrons. The second kappa shape index (κ2) is 7.57. The SMILES string of the molecule is CC(C)Oc1ccc([C@@H](C(=O)O)N(C)C2CC(C)(C)NC(C)(C)C2)cc1. The molecule has 1 saturated heterocycles. The van der Waals surface area contributed by atoms with Crippen LogP contribution in [0, 0.1) is 0 Å². The molecule has 2 N–H and O–H groups in total. The summed E-state index contributed by atoms with van der Waals surface area (Å²) in [5.41, 5.74) is 0.724. The van der Waals surface area contributed by atoms with Crippen molar-refractivity contribution in [2.24, 2.45) is 0 Å². The first-order valence-electron chi connectivity index (χ1n) is 9.41. The number of aliphatic carboxylic acids is 1. The van der Waals surface area contributed by atoms with Gasteiger partial charge in [0.1, 0.15) is 11.8 Å².